The lowest BCUT2D eigenvalue weighted by atomic mass is 10.1. The summed E-state index contributed by atoms with van der Waals surface area (Å²) >= 11 is 0. The highest BCUT2D eigenvalue weighted by Crippen LogP contribution is 2.20. The van der Waals surface area contributed by atoms with Crippen LogP contribution in [0.3, 0.4) is 0 Å². The molecule has 0 fully saturated rings. The fourth-order valence-corrected chi connectivity index (χ4v) is 1.68. The third-order valence-electron chi connectivity index (χ3n) is 2.94. The van der Waals surface area contributed by atoms with Gasteiger partial charge in [-0.15, -0.1) is 0 Å². The molecule has 3 nitrogen and oxygen atoms in total. The van der Waals surface area contributed by atoms with Crippen molar-refractivity contribution in [1.82, 2.24) is 0 Å². The average molecular weight is 252 g/mol. The highest BCUT2D eigenvalue weighted by atomic mass is 16.5. The molecule has 18 heavy (non-hydrogen) atoms. The Morgan fingerprint density at radius 2 is 1.89 bits per heavy atom. The Bertz CT molecular complexity index is 350. The molecule has 0 amide bonds. The fraction of sp³-hybridized carbons (Fsp3) is 0.600. The Hall–Kier alpha value is -1.06. The Morgan fingerprint density at radius 3 is 2.61 bits per heavy atom. The molecule has 0 unspecified atom stereocenters. The van der Waals surface area contributed by atoms with Crippen molar-refractivity contribution >= 4 is 0 Å². The second-order valence-electron chi connectivity index (χ2n) is 4.93. The zero-order valence-electron chi connectivity index (χ0n) is 12.0. The van der Waals surface area contributed by atoms with Gasteiger partial charge in [-0.3, -0.25) is 0 Å². The van der Waals surface area contributed by atoms with Crippen LogP contribution in [0.2, 0.25) is 0 Å². The van der Waals surface area contributed by atoms with Gasteiger partial charge >= 0.3 is 0 Å². The van der Waals surface area contributed by atoms with Gasteiger partial charge in [0.2, 0.25) is 0 Å². The molecule has 0 aliphatic carbocycles. The SMILES string of the molecule is Cc1cccc(OCCOCC[NH2+]C(C)C)c1C. The predicted octanol–water partition coefficient (Wildman–Crippen LogP) is 1.67. The molecule has 102 valence electrons. The molecular weight excluding hydrogens is 226 g/mol. The summed E-state index contributed by atoms with van der Waals surface area (Å²) in [5.74, 6) is 0.965. The molecule has 1 aromatic rings. The first kappa shape index (κ1) is 15.0. The van der Waals surface area contributed by atoms with Crippen molar-refractivity contribution in [2.45, 2.75) is 33.7 Å². The topological polar surface area (TPSA) is 35.1 Å². The third kappa shape index (κ3) is 5.52. The van der Waals surface area contributed by atoms with E-state index in [-0.39, 0.29) is 0 Å². The van der Waals surface area contributed by atoms with E-state index in [1.807, 2.05) is 12.1 Å². The van der Waals surface area contributed by atoms with Crippen LogP contribution in [0, 0.1) is 13.8 Å². The van der Waals surface area contributed by atoms with E-state index < -0.39 is 0 Å². The van der Waals surface area contributed by atoms with Gasteiger partial charge in [-0.2, -0.15) is 0 Å². The van der Waals surface area contributed by atoms with Crippen molar-refractivity contribution in [1.29, 1.82) is 0 Å². The van der Waals surface area contributed by atoms with Crippen LogP contribution in [0.5, 0.6) is 5.75 Å². The minimum absolute atomic E-state index is 0.617. The van der Waals surface area contributed by atoms with E-state index in [9.17, 15) is 0 Å². The summed E-state index contributed by atoms with van der Waals surface area (Å²) in [6, 6.07) is 6.77. The van der Waals surface area contributed by atoms with Crippen molar-refractivity contribution in [2.24, 2.45) is 0 Å². The minimum atomic E-state index is 0.617. The van der Waals surface area contributed by atoms with Gasteiger partial charge in [-0.25, -0.2) is 0 Å². The molecule has 0 aliphatic rings. The smallest absolute Gasteiger partial charge is 0.122 e. The van der Waals surface area contributed by atoms with Crippen LogP contribution < -0.4 is 10.1 Å². The summed E-state index contributed by atoms with van der Waals surface area (Å²) in [5.41, 5.74) is 2.48. The largest absolute Gasteiger partial charge is 0.491 e. The Morgan fingerprint density at radius 1 is 1.11 bits per heavy atom. The van der Waals surface area contributed by atoms with Gasteiger partial charge in [0, 0.05) is 0 Å². The number of rotatable bonds is 8. The van der Waals surface area contributed by atoms with Crippen molar-refractivity contribution in [3.8, 4) is 5.75 Å². The maximum Gasteiger partial charge on any atom is 0.122 e. The van der Waals surface area contributed by atoms with Gasteiger partial charge in [0.1, 0.15) is 12.4 Å². The van der Waals surface area contributed by atoms with Crippen molar-refractivity contribution < 1.29 is 14.8 Å². The summed E-state index contributed by atoms with van der Waals surface area (Å²) < 4.78 is 11.2. The van der Waals surface area contributed by atoms with Crippen LogP contribution in [-0.2, 0) is 4.74 Å². The quantitative estimate of drug-likeness (QED) is 0.714. The van der Waals surface area contributed by atoms with E-state index in [1.54, 1.807) is 0 Å². The highest BCUT2D eigenvalue weighted by Gasteiger charge is 2.01. The number of nitrogens with two attached hydrogens (primary N) is 1. The van der Waals surface area contributed by atoms with Gasteiger partial charge in [0.15, 0.2) is 0 Å². The number of hydrogen-bond donors (Lipinski definition) is 1. The lowest BCUT2D eigenvalue weighted by Gasteiger charge is -2.11. The average Bonchev–Trinajstić information content (AvgIpc) is 2.32. The summed E-state index contributed by atoms with van der Waals surface area (Å²) in [5, 5.41) is 2.27. The van der Waals surface area contributed by atoms with Crippen LogP contribution >= 0.6 is 0 Å². The second-order valence-corrected chi connectivity index (χ2v) is 4.93. The van der Waals surface area contributed by atoms with E-state index in [0.717, 1.165) is 18.9 Å². The molecule has 0 atom stereocenters. The summed E-state index contributed by atoms with van der Waals surface area (Å²) in [7, 11) is 0. The first-order valence-electron chi connectivity index (χ1n) is 6.71. The van der Waals surface area contributed by atoms with E-state index >= 15 is 0 Å². The van der Waals surface area contributed by atoms with Crippen LogP contribution in [0.1, 0.15) is 25.0 Å². The molecule has 0 spiro atoms. The van der Waals surface area contributed by atoms with E-state index in [1.165, 1.54) is 11.1 Å². The Balaban J connectivity index is 2.13. The van der Waals surface area contributed by atoms with Gasteiger partial charge < -0.3 is 14.8 Å². The fourth-order valence-electron chi connectivity index (χ4n) is 1.68. The molecule has 2 N–H and O–H groups in total. The summed E-state index contributed by atoms with van der Waals surface area (Å²) in [4.78, 5) is 0. The van der Waals surface area contributed by atoms with E-state index in [0.29, 0.717) is 19.3 Å². The number of aryl methyl sites for hydroxylation is 1. The molecule has 0 saturated carbocycles. The minimum Gasteiger partial charge on any atom is -0.491 e. The molecule has 1 rings (SSSR count). The molecule has 0 saturated heterocycles. The van der Waals surface area contributed by atoms with Gasteiger partial charge in [0.25, 0.3) is 0 Å². The summed E-state index contributed by atoms with van der Waals surface area (Å²) in [6.45, 7) is 11.6. The molecule has 0 aromatic heterocycles. The zero-order valence-corrected chi connectivity index (χ0v) is 12.0. The maximum atomic E-state index is 5.71. The van der Waals surface area contributed by atoms with Crippen molar-refractivity contribution in [2.75, 3.05) is 26.4 Å². The van der Waals surface area contributed by atoms with Crippen LogP contribution in [0.15, 0.2) is 18.2 Å². The van der Waals surface area contributed by atoms with Crippen LogP contribution in [-0.4, -0.2) is 32.4 Å². The zero-order chi connectivity index (χ0) is 13.4. The Kier molecular flexibility index (Phi) is 6.76. The third-order valence-corrected chi connectivity index (χ3v) is 2.94. The van der Waals surface area contributed by atoms with Gasteiger partial charge in [-0.05, 0) is 44.9 Å². The molecule has 1 aromatic carbocycles. The highest BCUT2D eigenvalue weighted by molar-refractivity contribution is 5.38. The van der Waals surface area contributed by atoms with E-state index in [4.69, 9.17) is 9.47 Å². The molecular formula is C15H26NO2+. The molecule has 0 heterocycles. The lowest BCUT2D eigenvalue weighted by molar-refractivity contribution is -0.684. The first-order valence-corrected chi connectivity index (χ1v) is 6.71. The standard InChI is InChI=1S/C15H25NO2/c1-12(2)16-8-9-17-10-11-18-15-7-5-6-13(3)14(15)4/h5-7,12,16H,8-11H2,1-4H3/p+1. The molecule has 3 heteroatoms. The number of quaternary nitrogens is 1. The van der Waals surface area contributed by atoms with E-state index in [2.05, 4.69) is 39.1 Å². The van der Waals surface area contributed by atoms with Crippen LogP contribution in [0.25, 0.3) is 0 Å². The van der Waals surface area contributed by atoms with Gasteiger partial charge in [-0.1, -0.05) is 12.1 Å². The number of benzene rings is 1. The first-order chi connectivity index (χ1) is 8.61. The molecule has 0 aliphatic heterocycles. The number of hydrogen-bond acceptors (Lipinski definition) is 2. The normalized spacial score (nSPS) is 10.9. The molecule has 0 bridgehead atoms. The number of ether oxygens (including phenoxy) is 2. The van der Waals surface area contributed by atoms with Crippen molar-refractivity contribution in [3.05, 3.63) is 29.3 Å². The molecule has 0 radical (unpaired) electrons. The second kappa shape index (κ2) is 8.11. The Labute approximate surface area is 110 Å². The lowest BCUT2D eigenvalue weighted by Crippen LogP contribution is -2.89. The maximum absolute atomic E-state index is 5.71. The van der Waals surface area contributed by atoms with Crippen molar-refractivity contribution in [3.63, 3.8) is 0 Å². The monoisotopic (exact) mass is 252 g/mol. The van der Waals surface area contributed by atoms with Gasteiger partial charge in [0.05, 0.1) is 25.8 Å². The summed E-state index contributed by atoms with van der Waals surface area (Å²) in [6.07, 6.45) is 0. The predicted molar refractivity (Wildman–Crippen MR) is 74.2 cm³/mol. The van der Waals surface area contributed by atoms with Crippen LogP contribution in [0.4, 0.5) is 0 Å².